The summed E-state index contributed by atoms with van der Waals surface area (Å²) < 4.78 is 12.8. The Morgan fingerprint density at radius 1 is 1.00 bits per heavy atom. The Hall–Kier alpha value is -3.83. The van der Waals surface area contributed by atoms with Gasteiger partial charge in [-0.3, -0.25) is 4.79 Å². The number of thiophene rings is 1. The van der Waals surface area contributed by atoms with Crippen LogP contribution in [0.4, 0.5) is 0 Å². The second-order valence-corrected chi connectivity index (χ2v) is 9.56. The monoisotopic (exact) mass is 516 g/mol. The van der Waals surface area contributed by atoms with Gasteiger partial charge >= 0.3 is 5.97 Å². The van der Waals surface area contributed by atoms with Crippen molar-refractivity contribution >= 4 is 27.4 Å². The smallest absolute Gasteiger partial charge is 0.304 e. The molecule has 0 radical (unpaired) electrons. The number of hydrogen-bond acceptors (Lipinski definition) is 6. The average Bonchev–Trinajstić information content (AvgIpc) is 3.30. The highest BCUT2D eigenvalue weighted by atomic mass is 32.1. The zero-order valence-corrected chi connectivity index (χ0v) is 21.4. The van der Waals surface area contributed by atoms with Crippen molar-refractivity contribution in [3.05, 3.63) is 77.2 Å². The van der Waals surface area contributed by atoms with Crippen LogP contribution in [0.2, 0.25) is 0 Å². The van der Waals surface area contributed by atoms with E-state index < -0.39 is 12.1 Å². The number of aryl methyl sites for hydroxylation is 1. The molecule has 0 bridgehead atoms. The summed E-state index contributed by atoms with van der Waals surface area (Å²) in [6.45, 7) is 3.40. The van der Waals surface area contributed by atoms with Gasteiger partial charge in [0, 0.05) is 15.6 Å². The summed E-state index contributed by atoms with van der Waals surface area (Å²) in [4.78, 5) is 11.2. The Balaban J connectivity index is 1.55. The number of hydrogen-bond donors (Lipinski definition) is 3. The van der Waals surface area contributed by atoms with Gasteiger partial charge in [-0.15, -0.1) is 17.3 Å². The minimum absolute atomic E-state index is 0.0323. The molecule has 4 aromatic rings. The molecule has 0 aliphatic heterocycles. The van der Waals surface area contributed by atoms with Crippen LogP contribution < -0.4 is 9.47 Å². The van der Waals surface area contributed by atoms with E-state index >= 15 is 0 Å². The van der Waals surface area contributed by atoms with Crippen molar-refractivity contribution in [1.29, 1.82) is 0 Å². The maximum Gasteiger partial charge on any atom is 0.304 e. The minimum atomic E-state index is -0.911. The lowest BCUT2D eigenvalue weighted by Gasteiger charge is -2.13. The highest BCUT2D eigenvalue weighted by molar-refractivity contribution is 7.17. The molecular formula is C30H28O6S. The van der Waals surface area contributed by atoms with Gasteiger partial charge in [-0.05, 0) is 78.4 Å². The van der Waals surface area contributed by atoms with Gasteiger partial charge < -0.3 is 24.8 Å². The van der Waals surface area contributed by atoms with E-state index in [2.05, 4.69) is 17.2 Å². The molecule has 0 aliphatic rings. The van der Waals surface area contributed by atoms with E-state index in [0.29, 0.717) is 17.2 Å². The maximum absolute atomic E-state index is 11.2. The van der Waals surface area contributed by atoms with Crippen LogP contribution in [0.15, 0.2) is 66.0 Å². The number of carboxylic acids is 1. The Morgan fingerprint density at radius 2 is 1.73 bits per heavy atom. The first kappa shape index (κ1) is 26.2. The van der Waals surface area contributed by atoms with Gasteiger partial charge in [-0.2, -0.15) is 0 Å². The lowest BCUT2D eigenvalue weighted by atomic mass is 9.96. The maximum atomic E-state index is 11.2. The normalized spacial score (nSPS) is 12.4. The van der Waals surface area contributed by atoms with Gasteiger partial charge in [0.1, 0.15) is 30.0 Å². The zero-order chi connectivity index (χ0) is 26.4. The lowest BCUT2D eigenvalue weighted by Crippen LogP contribution is -2.21. The quantitative estimate of drug-likeness (QED) is 0.224. The molecule has 1 heterocycles. The minimum Gasteiger partial charge on any atom is -0.491 e. The van der Waals surface area contributed by atoms with Crippen molar-refractivity contribution in [3.63, 3.8) is 0 Å². The van der Waals surface area contributed by atoms with E-state index in [1.807, 2.05) is 67.6 Å². The molecule has 0 saturated heterocycles. The van der Waals surface area contributed by atoms with Crippen LogP contribution in [0.5, 0.6) is 17.2 Å². The molecule has 7 heteroatoms. The van der Waals surface area contributed by atoms with Crippen molar-refractivity contribution in [2.24, 2.45) is 0 Å². The van der Waals surface area contributed by atoms with Crippen molar-refractivity contribution in [3.8, 4) is 40.2 Å². The highest BCUT2D eigenvalue weighted by Crippen LogP contribution is 2.39. The number of aliphatic hydroxyl groups is 2. The van der Waals surface area contributed by atoms with Crippen LogP contribution in [0.1, 0.15) is 30.4 Å². The molecule has 0 amide bonds. The molecule has 0 aliphatic carbocycles. The molecule has 0 fully saturated rings. The second-order valence-electron chi connectivity index (χ2n) is 8.65. The number of carbonyl (C=O) groups is 1. The van der Waals surface area contributed by atoms with Gasteiger partial charge in [0.2, 0.25) is 0 Å². The summed E-state index contributed by atoms with van der Waals surface area (Å²) in [7, 11) is 0. The van der Waals surface area contributed by atoms with Crippen molar-refractivity contribution in [1.82, 2.24) is 0 Å². The molecule has 6 nitrogen and oxygen atoms in total. The third kappa shape index (κ3) is 6.49. The molecule has 3 aromatic carbocycles. The molecule has 1 aromatic heterocycles. The molecular weight excluding hydrogens is 488 g/mol. The van der Waals surface area contributed by atoms with E-state index in [4.69, 9.17) is 19.7 Å². The number of ether oxygens (including phenoxy) is 2. The summed E-state index contributed by atoms with van der Waals surface area (Å²) in [6.07, 6.45) is -0.956. The molecule has 0 spiro atoms. The fraction of sp³-hybridized carbons (Fsp3) is 0.233. The van der Waals surface area contributed by atoms with Crippen molar-refractivity contribution < 1.29 is 29.6 Å². The third-order valence-corrected chi connectivity index (χ3v) is 6.87. The van der Waals surface area contributed by atoms with Crippen LogP contribution in [0.25, 0.3) is 21.2 Å². The van der Waals surface area contributed by atoms with Crippen LogP contribution in [0, 0.1) is 18.8 Å². The van der Waals surface area contributed by atoms with Gasteiger partial charge in [0.15, 0.2) is 0 Å². The molecule has 3 N–H and O–H groups in total. The number of fused-ring (bicyclic) bond motifs is 1. The van der Waals surface area contributed by atoms with Crippen LogP contribution in [-0.2, 0) is 4.79 Å². The SMILES string of the molecule is CC#C[C@@H](CC(=O)O)c1ccc(Oc2ccc3scc(-c4ccc(OCC(O)CO)cc4C)c3c2)cc1. The van der Waals surface area contributed by atoms with E-state index in [1.165, 1.54) is 0 Å². The zero-order valence-electron chi connectivity index (χ0n) is 20.6. The Kier molecular flexibility index (Phi) is 8.47. The summed E-state index contributed by atoms with van der Waals surface area (Å²) in [5, 5.41) is 30.9. The predicted molar refractivity (Wildman–Crippen MR) is 146 cm³/mol. The number of aliphatic carboxylic acids is 1. The second kappa shape index (κ2) is 11.9. The summed E-state index contributed by atoms with van der Waals surface area (Å²) in [5.74, 6) is 6.52. The summed E-state index contributed by atoms with van der Waals surface area (Å²) in [6, 6.07) is 19.1. The molecule has 37 heavy (non-hydrogen) atoms. The summed E-state index contributed by atoms with van der Waals surface area (Å²) in [5.41, 5.74) is 4.04. The number of aliphatic hydroxyl groups excluding tert-OH is 2. The van der Waals surface area contributed by atoms with E-state index in [9.17, 15) is 9.90 Å². The van der Waals surface area contributed by atoms with Gasteiger partial charge in [0.25, 0.3) is 0 Å². The van der Waals surface area contributed by atoms with E-state index in [-0.39, 0.29) is 25.6 Å². The number of benzene rings is 3. The first-order valence-corrected chi connectivity index (χ1v) is 12.7. The highest BCUT2D eigenvalue weighted by Gasteiger charge is 2.14. The van der Waals surface area contributed by atoms with Crippen molar-refractivity contribution in [2.45, 2.75) is 32.3 Å². The predicted octanol–water partition coefficient (Wildman–Crippen LogP) is 5.98. The Morgan fingerprint density at radius 3 is 2.41 bits per heavy atom. The fourth-order valence-electron chi connectivity index (χ4n) is 4.06. The first-order chi connectivity index (χ1) is 17.9. The Bertz CT molecular complexity index is 1440. The molecule has 2 atom stereocenters. The standard InChI is InChI=1S/C30H28O6S/c1-3-4-21(14-30(33)34)20-5-7-23(8-6-20)36-25-10-12-29-27(15-25)28(18-37-29)26-11-9-24(13-19(26)2)35-17-22(32)16-31/h5-13,15,18,21-22,31-32H,14,16-17H2,1-2H3,(H,33,34)/t21-,22?/m0/s1. The largest absolute Gasteiger partial charge is 0.491 e. The van der Waals surface area contributed by atoms with Crippen molar-refractivity contribution in [2.75, 3.05) is 13.2 Å². The lowest BCUT2D eigenvalue weighted by molar-refractivity contribution is -0.137. The third-order valence-electron chi connectivity index (χ3n) is 5.90. The summed E-state index contributed by atoms with van der Waals surface area (Å²) >= 11 is 1.66. The fourth-order valence-corrected chi connectivity index (χ4v) is 5.00. The molecule has 0 saturated carbocycles. The van der Waals surface area contributed by atoms with Gasteiger partial charge in [0.05, 0.1) is 18.9 Å². The van der Waals surface area contributed by atoms with Gasteiger partial charge in [-0.25, -0.2) is 0 Å². The van der Waals surface area contributed by atoms with Crippen LogP contribution in [-0.4, -0.2) is 40.6 Å². The molecule has 1 unspecified atom stereocenters. The van der Waals surface area contributed by atoms with Crippen LogP contribution in [0.3, 0.4) is 0 Å². The topological polar surface area (TPSA) is 96.2 Å². The molecule has 4 rings (SSSR count). The van der Waals surface area contributed by atoms with Crippen LogP contribution >= 0.6 is 11.3 Å². The first-order valence-electron chi connectivity index (χ1n) is 11.8. The Labute approximate surface area is 219 Å². The number of carboxylic acid groups (broad SMARTS) is 1. The average molecular weight is 517 g/mol. The van der Waals surface area contributed by atoms with E-state index in [1.54, 1.807) is 18.3 Å². The van der Waals surface area contributed by atoms with E-state index in [0.717, 1.165) is 32.3 Å². The molecule has 190 valence electrons. The van der Waals surface area contributed by atoms with Gasteiger partial charge in [-0.1, -0.05) is 24.1 Å². The number of rotatable bonds is 10.